The summed E-state index contributed by atoms with van der Waals surface area (Å²) in [5, 5.41) is 17.6. The third kappa shape index (κ3) is 11.6. The van der Waals surface area contributed by atoms with Crippen LogP contribution in [0, 0.1) is 11.8 Å². The summed E-state index contributed by atoms with van der Waals surface area (Å²) in [6.45, 7) is 8.11. The Bertz CT molecular complexity index is 1170. The van der Waals surface area contributed by atoms with Gasteiger partial charge < -0.3 is 42.3 Å². The predicted octanol–water partition coefficient (Wildman–Crippen LogP) is -0.0545. The molecule has 0 saturated carbocycles. The van der Waals surface area contributed by atoms with Gasteiger partial charge in [-0.15, -0.1) is 0 Å². The van der Waals surface area contributed by atoms with E-state index in [-0.39, 0.29) is 37.1 Å². The molecule has 48 heavy (non-hydrogen) atoms. The van der Waals surface area contributed by atoms with E-state index >= 15 is 0 Å². The molecule has 0 radical (unpaired) electrons. The molecule has 2 rings (SSSR count). The lowest BCUT2D eigenvalue weighted by atomic mass is 9.96. The summed E-state index contributed by atoms with van der Waals surface area (Å²) < 4.78 is 0. The van der Waals surface area contributed by atoms with E-state index in [1.54, 1.807) is 11.8 Å². The van der Waals surface area contributed by atoms with Crippen LogP contribution in [0.5, 0.6) is 0 Å². The molecule has 2 heterocycles. The van der Waals surface area contributed by atoms with Gasteiger partial charge in [0.15, 0.2) is 0 Å². The summed E-state index contributed by atoms with van der Waals surface area (Å²) in [6, 6.07) is -5.79. The second-order valence-corrected chi connectivity index (χ2v) is 14.2. The molecule has 7 atom stereocenters. The van der Waals surface area contributed by atoms with E-state index in [4.69, 9.17) is 11.5 Å². The van der Waals surface area contributed by atoms with Gasteiger partial charge in [-0.1, -0.05) is 34.1 Å². The molecule has 0 aliphatic carbocycles. The van der Waals surface area contributed by atoms with Crippen LogP contribution in [0.25, 0.3) is 0 Å². The maximum Gasteiger partial charge on any atom is 0.326 e. The number of hydrogen-bond donors (Lipinski definition) is 6. The first-order valence-corrected chi connectivity index (χ1v) is 18.3. The largest absolute Gasteiger partial charge is 0.480 e. The first kappa shape index (κ1) is 40.8. The van der Waals surface area contributed by atoms with Crippen LogP contribution in [0.15, 0.2) is 0 Å². The van der Waals surface area contributed by atoms with Crippen LogP contribution in [-0.4, -0.2) is 118 Å². The van der Waals surface area contributed by atoms with E-state index in [9.17, 15) is 38.7 Å². The number of nitrogens with one attached hydrogen (secondary N) is 3. The van der Waals surface area contributed by atoms with E-state index in [2.05, 4.69) is 16.0 Å². The summed E-state index contributed by atoms with van der Waals surface area (Å²) >= 11 is 1.57. The molecule has 0 aromatic rings. The molecule has 0 aromatic carbocycles. The number of amides is 6. The SMILES string of the molecule is CC[C@H](C)[C@H](NC(=O)[C@@H]1CCCN1C(=O)[C@H](CC(C)C)NC(=O)[C@@H](N)CCSC)C(=O)N1CCC[C@H]1C(=O)N[C@@H](CCC(N)=O)C(=O)O. The third-order valence-electron chi connectivity index (χ3n) is 9.04. The first-order chi connectivity index (χ1) is 22.6. The van der Waals surface area contributed by atoms with Crippen molar-refractivity contribution in [2.45, 2.75) is 122 Å². The first-order valence-electron chi connectivity index (χ1n) is 16.9. The van der Waals surface area contributed by atoms with Crippen molar-refractivity contribution < 1.29 is 38.7 Å². The molecule has 0 aromatic heterocycles. The lowest BCUT2D eigenvalue weighted by Gasteiger charge is -2.34. The highest BCUT2D eigenvalue weighted by atomic mass is 32.2. The van der Waals surface area contributed by atoms with Gasteiger partial charge in [0.1, 0.15) is 30.2 Å². The normalized spacial score (nSPS) is 20.8. The second-order valence-electron chi connectivity index (χ2n) is 13.2. The van der Waals surface area contributed by atoms with Crippen molar-refractivity contribution in [2.24, 2.45) is 23.3 Å². The van der Waals surface area contributed by atoms with E-state index < -0.39 is 71.8 Å². The predicted molar refractivity (Wildman–Crippen MR) is 181 cm³/mol. The Morgan fingerprint density at radius 1 is 0.854 bits per heavy atom. The minimum absolute atomic E-state index is 0.0727. The average Bonchev–Trinajstić information content (AvgIpc) is 3.73. The van der Waals surface area contributed by atoms with E-state index in [1.165, 1.54) is 9.80 Å². The fraction of sp³-hybridized carbons (Fsp3) is 0.781. The standard InChI is InChI=1S/C32H55N7O8S/c1-6-19(4)26(31(45)39-15-8-9-23(39)28(42)35-21(32(46)47)11-12-25(34)40)37-29(43)24-10-7-14-38(24)30(44)22(17-18(2)3)36-27(41)20(33)13-16-48-5/h18-24,26H,6-17,33H2,1-5H3,(H2,34,40)(H,35,42)(H,36,41)(H,37,43)(H,46,47)/t19-,20-,21-,22-,23-,24-,26-/m0/s1. The quantitative estimate of drug-likeness (QED) is 0.105. The van der Waals surface area contributed by atoms with Crippen LogP contribution < -0.4 is 27.4 Å². The number of primary amides is 1. The Morgan fingerprint density at radius 2 is 1.42 bits per heavy atom. The van der Waals surface area contributed by atoms with Gasteiger partial charge >= 0.3 is 5.97 Å². The highest BCUT2D eigenvalue weighted by Crippen LogP contribution is 2.24. The smallest absolute Gasteiger partial charge is 0.326 e. The number of carbonyl (C=O) groups excluding carboxylic acids is 6. The summed E-state index contributed by atoms with van der Waals surface area (Å²) in [6.07, 6.45) is 4.60. The summed E-state index contributed by atoms with van der Waals surface area (Å²) in [7, 11) is 0. The molecule has 0 spiro atoms. The Labute approximate surface area is 287 Å². The Hall–Kier alpha value is -3.40. The average molecular weight is 698 g/mol. The van der Waals surface area contributed by atoms with E-state index in [0.29, 0.717) is 57.2 Å². The molecular formula is C32H55N7O8S. The number of rotatable bonds is 19. The number of nitrogens with zero attached hydrogens (tertiary/aromatic N) is 2. The maximum absolute atomic E-state index is 14.0. The van der Waals surface area contributed by atoms with Crippen LogP contribution >= 0.6 is 11.8 Å². The van der Waals surface area contributed by atoms with Crippen LogP contribution in [0.2, 0.25) is 0 Å². The van der Waals surface area contributed by atoms with Gasteiger partial charge in [0.05, 0.1) is 6.04 Å². The van der Waals surface area contributed by atoms with Crippen LogP contribution in [-0.2, 0) is 33.6 Å². The molecule has 2 aliphatic rings. The molecule has 2 saturated heterocycles. The van der Waals surface area contributed by atoms with Crippen LogP contribution in [0.1, 0.15) is 85.5 Å². The maximum atomic E-state index is 14.0. The Balaban J connectivity index is 2.21. The van der Waals surface area contributed by atoms with Crippen molar-refractivity contribution in [3.8, 4) is 0 Å². The number of likely N-dealkylation sites (tertiary alicyclic amines) is 2. The van der Waals surface area contributed by atoms with Gasteiger partial charge in [-0.2, -0.15) is 11.8 Å². The van der Waals surface area contributed by atoms with Crippen molar-refractivity contribution in [1.29, 1.82) is 0 Å². The monoisotopic (exact) mass is 697 g/mol. The van der Waals surface area contributed by atoms with Gasteiger partial charge in [0.2, 0.25) is 35.4 Å². The van der Waals surface area contributed by atoms with Crippen molar-refractivity contribution in [1.82, 2.24) is 25.8 Å². The molecule has 8 N–H and O–H groups in total. The van der Waals surface area contributed by atoms with Gasteiger partial charge in [-0.05, 0) is 68.8 Å². The highest BCUT2D eigenvalue weighted by Gasteiger charge is 2.43. The Morgan fingerprint density at radius 3 is 1.92 bits per heavy atom. The molecule has 272 valence electrons. The van der Waals surface area contributed by atoms with Crippen molar-refractivity contribution in [2.75, 3.05) is 25.1 Å². The summed E-state index contributed by atoms with van der Waals surface area (Å²) in [4.78, 5) is 93.3. The third-order valence-corrected chi connectivity index (χ3v) is 9.68. The number of carbonyl (C=O) groups is 7. The number of aliphatic carboxylic acids is 1. The summed E-state index contributed by atoms with van der Waals surface area (Å²) in [5.74, 6) is -4.00. The number of nitrogens with two attached hydrogens (primary N) is 2. The van der Waals surface area contributed by atoms with Gasteiger partial charge in [-0.25, -0.2) is 4.79 Å². The number of carboxylic acid groups (broad SMARTS) is 1. The lowest BCUT2D eigenvalue weighted by molar-refractivity contribution is -0.146. The topological polar surface area (TPSA) is 234 Å². The zero-order valence-corrected chi connectivity index (χ0v) is 29.7. The van der Waals surface area contributed by atoms with Gasteiger partial charge in [0.25, 0.3) is 0 Å². The lowest BCUT2D eigenvalue weighted by Crippen LogP contribution is -2.60. The van der Waals surface area contributed by atoms with Gasteiger partial charge in [0, 0.05) is 19.5 Å². The summed E-state index contributed by atoms with van der Waals surface area (Å²) in [5.41, 5.74) is 11.2. The number of carboxylic acids is 1. The Kier molecular flexibility index (Phi) is 16.6. The molecule has 0 bridgehead atoms. The van der Waals surface area contributed by atoms with Crippen molar-refractivity contribution >= 4 is 53.2 Å². The molecular weight excluding hydrogens is 642 g/mol. The zero-order valence-electron chi connectivity index (χ0n) is 28.9. The van der Waals surface area contributed by atoms with Crippen molar-refractivity contribution in [3.05, 3.63) is 0 Å². The minimum atomic E-state index is -1.35. The minimum Gasteiger partial charge on any atom is -0.480 e. The van der Waals surface area contributed by atoms with Crippen LogP contribution in [0.4, 0.5) is 0 Å². The van der Waals surface area contributed by atoms with Crippen LogP contribution in [0.3, 0.4) is 0 Å². The van der Waals surface area contributed by atoms with E-state index in [0.717, 1.165) is 0 Å². The fourth-order valence-corrected chi connectivity index (χ4v) is 6.57. The van der Waals surface area contributed by atoms with Gasteiger partial charge in [-0.3, -0.25) is 28.8 Å². The molecule has 15 nitrogen and oxygen atoms in total. The second kappa shape index (κ2) is 19.6. The highest BCUT2D eigenvalue weighted by molar-refractivity contribution is 7.98. The fourth-order valence-electron chi connectivity index (χ4n) is 6.08. The molecule has 0 unspecified atom stereocenters. The molecule has 2 fully saturated rings. The number of thioether (sulfide) groups is 1. The molecule has 2 aliphatic heterocycles. The molecule has 16 heteroatoms. The molecule has 6 amide bonds. The zero-order chi connectivity index (χ0) is 36.1. The van der Waals surface area contributed by atoms with E-state index in [1.807, 2.05) is 34.0 Å². The van der Waals surface area contributed by atoms with Crippen molar-refractivity contribution in [3.63, 3.8) is 0 Å². The number of hydrogen-bond acceptors (Lipinski definition) is 9.